The van der Waals surface area contributed by atoms with Crippen LogP contribution >= 0.6 is 0 Å². The Kier molecular flexibility index (Phi) is 4.28. The maximum absolute atomic E-state index is 11.5. The van der Waals surface area contributed by atoms with Crippen molar-refractivity contribution in [3.05, 3.63) is 0 Å². The van der Waals surface area contributed by atoms with Gasteiger partial charge in [0.05, 0.1) is 0 Å². The van der Waals surface area contributed by atoms with Crippen LogP contribution in [0, 0.1) is 5.92 Å². The van der Waals surface area contributed by atoms with Crippen LogP contribution in [0.25, 0.3) is 0 Å². The molecule has 0 bridgehead atoms. The van der Waals surface area contributed by atoms with Gasteiger partial charge in [-0.2, -0.15) is 0 Å². The van der Waals surface area contributed by atoms with E-state index in [1.54, 1.807) is 0 Å². The van der Waals surface area contributed by atoms with E-state index >= 15 is 0 Å². The summed E-state index contributed by atoms with van der Waals surface area (Å²) in [4.78, 5) is 14.0. The van der Waals surface area contributed by atoms with Gasteiger partial charge in [-0.05, 0) is 51.1 Å². The van der Waals surface area contributed by atoms with E-state index < -0.39 is 11.5 Å². The van der Waals surface area contributed by atoms with Crippen molar-refractivity contribution in [2.75, 3.05) is 19.6 Å². The molecule has 2 fully saturated rings. The normalized spacial score (nSPS) is 32.1. The first-order valence-electron chi connectivity index (χ1n) is 7.33. The van der Waals surface area contributed by atoms with E-state index in [1.165, 1.54) is 19.4 Å². The standard InChI is InChI=1S/C14H26N2O2/c1-3-15-14(13(17)18)8-7-12(9-14)16(4-2)10-11-5-6-11/h11-12,15H,3-10H2,1-2H3,(H,17,18). The van der Waals surface area contributed by atoms with Crippen LogP contribution in [0.3, 0.4) is 0 Å². The lowest BCUT2D eigenvalue weighted by atomic mass is 9.97. The molecule has 18 heavy (non-hydrogen) atoms. The fraction of sp³-hybridized carbons (Fsp3) is 0.929. The highest BCUT2D eigenvalue weighted by atomic mass is 16.4. The summed E-state index contributed by atoms with van der Waals surface area (Å²) in [5.74, 6) is 0.207. The Bertz CT molecular complexity index is 304. The summed E-state index contributed by atoms with van der Waals surface area (Å²) in [7, 11) is 0. The van der Waals surface area contributed by atoms with Gasteiger partial charge in [-0.25, -0.2) is 0 Å². The number of aliphatic carboxylic acids is 1. The number of carboxylic acids is 1. The quantitative estimate of drug-likeness (QED) is 0.726. The topological polar surface area (TPSA) is 52.6 Å². The fourth-order valence-electron chi connectivity index (χ4n) is 3.27. The third-order valence-corrected chi connectivity index (χ3v) is 4.53. The number of carboxylic acid groups (broad SMARTS) is 1. The lowest BCUT2D eigenvalue weighted by molar-refractivity contribution is -0.144. The molecular formula is C14H26N2O2. The van der Waals surface area contributed by atoms with Gasteiger partial charge in [-0.3, -0.25) is 4.79 Å². The van der Waals surface area contributed by atoms with Gasteiger partial charge in [0, 0.05) is 12.6 Å². The molecule has 2 rings (SSSR count). The summed E-state index contributed by atoms with van der Waals surface area (Å²) in [6.45, 7) is 7.12. The molecule has 0 heterocycles. The van der Waals surface area contributed by atoms with Crippen LogP contribution in [-0.4, -0.2) is 47.2 Å². The Balaban J connectivity index is 1.97. The Morgan fingerprint density at radius 1 is 1.39 bits per heavy atom. The summed E-state index contributed by atoms with van der Waals surface area (Å²) in [6, 6.07) is 0.450. The number of nitrogens with zero attached hydrogens (tertiary/aromatic N) is 1. The third-order valence-electron chi connectivity index (χ3n) is 4.53. The van der Waals surface area contributed by atoms with Crippen molar-refractivity contribution >= 4 is 5.97 Å². The molecule has 0 radical (unpaired) electrons. The first kappa shape index (κ1) is 13.8. The van der Waals surface area contributed by atoms with Crippen molar-refractivity contribution < 1.29 is 9.90 Å². The molecule has 2 N–H and O–H groups in total. The van der Waals surface area contributed by atoms with Crippen LogP contribution in [0.15, 0.2) is 0 Å². The summed E-state index contributed by atoms with van der Waals surface area (Å²) in [5, 5.41) is 12.7. The number of rotatable bonds is 7. The Morgan fingerprint density at radius 3 is 2.61 bits per heavy atom. The molecule has 4 nitrogen and oxygen atoms in total. The highest BCUT2D eigenvalue weighted by molar-refractivity contribution is 5.79. The number of carbonyl (C=O) groups is 1. The molecule has 2 atom stereocenters. The molecule has 0 saturated heterocycles. The molecule has 4 heteroatoms. The van der Waals surface area contributed by atoms with Gasteiger partial charge in [0.25, 0.3) is 0 Å². The minimum atomic E-state index is -0.672. The predicted molar refractivity (Wildman–Crippen MR) is 71.7 cm³/mol. The molecule has 2 aliphatic rings. The Hall–Kier alpha value is -0.610. The second kappa shape index (κ2) is 5.57. The molecule has 0 aromatic heterocycles. The lowest BCUT2D eigenvalue weighted by Crippen LogP contribution is -2.51. The lowest BCUT2D eigenvalue weighted by Gasteiger charge is -2.30. The summed E-state index contributed by atoms with van der Waals surface area (Å²) >= 11 is 0. The number of hydrogen-bond acceptors (Lipinski definition) is 3. The van der Waals surface area contributed by atoms with Gasteiger partial charge in [-0.1, -0.05) is 13.8 Å². The largest absolute Gasteiger partial charge is 0.480 e. The SMILES string of the molecule is CCNC1(C(=O)O)CCC(N(CC)CC2CC2)C1. The fourth-order valence-corrected chi connectivity index (χ4v) is 3.27. The Morgan fingerprint density at radius 2 is 2.11 bits per heavy atom. The van der Waals surface area contributed by atoms with Gasteiger partial charge in [0.1, 0.15) is 5.54 Å². The number of nitrogens with one attached hydrogen (secondary N) is 1. The van der Waals surface area contributed by atoms with Crippen molar-refractivity contribution in [2.45, 2.75) is 57.5 Å². The van der Waals surface area contributed by atoms with Gasteiger partial charge >= 0.3 is 5.97 Å². The van der Waals surface area contributed by atoms with Crippen molar-refractivity contribution in [3.8, 4) is 0 Å². The molecule has 2 saturated carbocycles. The Labute approximate surface area is 110 Å². The van der Waals surface area contributed by atoms with Crippen LogP contribution in [-0.2, 0) is 4.79 Å². The van der Waals surface area contributed by atoms with E-state index in [1.807, 2.05) is 6.92 Å². The average molecular weight is 254 g/mol. The zero-order chi connectivity index (χ0) is 13.2. The molecule has 0 amide bonds. The van der Waals surface area contributed by atoms with Crippen LogP contribution < -0.4 is 5.32 Å². The van der Waals surface area contributed by atoms with Crippen molar-refractivity contribution in [1.29, 1.82) is 0 Å². The highest BCUT2D eigenvalue weighted by Gasteiger charge is 2.46. The maximum Gasteiger partial charge on any atom is 0.323 e. The summed E-state index contributed by atoms with van der Waals surface area (Å²) in [6.07, 6.45) is 5.26. The second-order valence-electron chi connectivity index (χ2n) is 5.85. The van der Waals surface area contributed by atoms with Gasteiger partial charge in [0.15, 0.2) is 0 Å². The van der Waals surface area contributed by atoms with Crippen LogP contribution in [0.5, 0.6) is 0 Å². The first-order chi connectivity index (χ1) is 8.61. The highest BCUT2D eigenvalue weighted by Crippen LogP contribution is 2.36. The number of hydrogen-bond donors (Lipinski definition) is 2. The molecular weight excluding hydrogens is 228 g/mol. The van der Waals surface area contributed by atoms with E-state index in [4.69, 9.17) is 0 Å². The summed E-state index contributed by atoms with van der Waals surface area (Å²) < 4.78 is 0. The molecule has 0 spiro atoms. The minimum absolute atomic E-state index is 0.450. The van der Waals surface area contributed by atoms with E-state index in [-0.39, 0.29) is 0 Å². The average Bonchev–Trinajstić information content (AvgIpc) is 3.06. The zero-order valence-corrected chi connectivity index (χ0v) is 11.6. The first-order valence-corrected chi connectivity index (χ1v) is 7.33. The molecule has 104 valence electrons. The van der Waals surface area contributed by atoms with Gasteiger partial charge in [-0.15, -0.1) is 0 Å². The van der Waals surface area contributed by atoms with Crippen molar-refractivity contribution in [3.63, 3.8) is 0 Å². The van der Waals surface area contributed by atoms with Crippen molar-refractivity contribution in [2.24, 2.45) is 5.92 Å². The smallest absolute Gasteiger partial charge is 0.323 e. The van der Waals surface area contributed by atoms with E-state index in [2.05, 4.69) is 17.1 Å². The molecule has 0 aromatic carbocycles. The summed E-state index contributed by atoms with van der Waals surface area (Å²) in [5.41, 5.74) is -0.670. The van der Waals surface area contributed by atoms with Crippen LogP contribution in [0.4, 0.5) is 0 Å². The number of likely N-dealkylation sites (N-methyl/N-ethyl adjacent to an activating group) is 1. The van der Waals surface area contributed by atoms with Crippen molar-refractivity contribution in [1.82, 2.24) is 10.2 Å². The molecule has 0 aliphatic heterocycles. The van der Waals surface area contributed by atoms with Crippen LogP contribution in [0.1, 0.15) is 46.0 Å². The molecule has 2 unspecified atom stereocenters. The predicted octanol–water partition coefficient (Wildman–Crippen LogP) is 1.70. The monoisotopic (exact) mass is 254 g/mol. The molecule has 0 aromatic rings. The zero-order valence-electron chi connectivity index (χ0n) is 11.6. The van der Waals surface area contributed by atoms with Crippen LogP contribution in [0.2, 0.25) is 0 Å². The van der Waals surface area contributed by atoms with E-state index in [9.17, 15) is 9.90 Å². The third kappa shape index (κ3) is 2.86. The maximum atomic E-state index is 11.5. The second-order valence-corrected chi connectivity index (χ2v) is 5.85. The minimum Gasteiger partial charge on any atom is -0.480 e. The van der Waals surface area contributed by atoms with E-state index in [0.29, 0.717) is 6.04 Å². The molecule has 2 aliphatic carbocycles. The van der Waals surface area contributed by atoms with E-state index in [0.717, 1.165) is 38.3 Å². The van der Waals surface area contributed by atoms with Gasteiger partial charge in [0.2, 0.25) is 0 Å². The van der Waals surface area contributed by atoms with Gasteiger partial charge < -0.3 is 15.3 Å².